The van der Waals surface area contributed by atoms with Gasteiger partial charge in [-0.05, 0) is 55.8 Å². The number of carbonyl (C=O) groups is 2. The van der Waals surface area contributed by atoms with E-state index in [1.807, 2.05) is 37.3 Å². The standard InChI is InChI=1S/C34H35Cl2N3O5S/c1-4-44-32-16-9-8-15-30(32)39(45(42,43)26-19-17-24(2)18-20-26)23-33(40)38(22-27-28(35)13-10-14-29(27)36)31(34(41)37-3)21-25-11-6-5-7-12-25/h5-20,31H,4,21-23H2,1-3H3,(H,37,41)/t31-/m0/s1. The number of halogens is 2. The Labute approximate surface area is 274 Å². The third kappa shape index (κ3) is 8.16. The van der Waals surface area contributed by atoms with Crippen LogP contribution in [0.4, 0.5) is 5.69 Å². The number of likely N-dealkylation sites (N-methyl/N-ethyl adjacent to an activating group) is 1. The monoisotopic (exact) mass is 667 g/mol. The molecule has 0 aliphatic heterocycles. The van der Waals surface area contributed by atoms with Crippen molar-refractivity contribution in [2.45, 2.75) is 37.8 Å². The molecule has 0 spiro atoms. The largest absolute Gasteiger partial charge is 0.492 e. The second-order valence-corrected chi connectivity index (χ2v) is 12.9. The Morgan fingerprint density at radius 1 is 0.867 bits per heavy atom. The zero-order chi connectivity index (χ0) is 32.6. The Balaban J connectivity index is 1.85. The molecular weight excluding hydrogens is 633 g/mol. The first-order chi connectivity index (χ1) is 21.6. The molecule has 0 radical (unpaired) electrons. The third-order valence-electron chi connectivity index (χ3n) is 7.23. The van der Waals surface area contributed by atoms with Crippen LogP contribution in [0.25, 0.3) is 0 Å². The molecule has 45 heavy (non-hydrogen) atoms. The van der Waals surface area contributed by atoms with E-state index in [0.717, 1.165) is 15.4 Å². The summed E-state index contributed by atoms with van der Waals surface area (Å²) in [6, 6.07) is 26.2. The lowest BCUT2D eigenvalue weighted by Gasteiger charge is -2.34. The summed E-state index contributed by atoms with van der Waals surface area (Å²) in [5, 5.41) is 3.27. The quantitative estimate of drug-likeness (QED) is 0.181. The first-order valence-corrected chi connectivity index (χ1v) is 16.6. The molecule has 4 aromatic carbocycles. The van der Waals surface area contributed by atoms with E-state index < -0.39 is 34.4 Å². The topological polar surface area (TPSA) is 96.0 Å². The summed E-state index contributed by atoms with van der Waals surface area (Å²) in [6.45, 7) is 3.13. The van der Waals surface area contributed by atoms with Gasteiger partial charge in [0.2, 0.25) is 11.8 Å². The van der Waals surface area contributed by atoms with Crippen molar-refractivity contribution < 1.29 is 22.7 Å². The average Bonchev–Trinajstić information content (AvgIpc) is 3.03. The number of hydrogen-bond acceptors (Lipinski definition) is 5. The van der Waals surface area contributed by atoms with Crippen molar-refractivity contribution >= 4 is 50.7 Å². The number of nitrogens with one attached hydrogen (secondary N) is 1. The van der Waals surface area contributed by atoms with Crippen LogP contribution in [0.3, 0.4) is 0 Å². The maximum atomic E-state index is 14.5. The SMILES string of the molecule is CCOc1ccccc1N(CC(=O)N(Cc1c(Cl)cccc1Cl)[C@@H](Cc1ccccc1)C(=O)NC)S(=O)(=O)c1ccc(C)cc1. The number of benzene rings is 4. The van der Waals surface area contributed by atoms with Gasteiger partial charge in [-0.1, -0.05) is 89.4 Å². The van der Waals surface area contributed by atoms with Gasteiger partial charge in [-0.15, -0.1) is 0 Å². The molecule has 1 atom stereocenters. The number of carbonyl (C=O) groups excluding carboxylic acids is 2. The molecule has 0 aromatic heterocycles. The molecule has 0 aliphatic carbocycles. The lowest BCUT2D eigenvalue weighted by atomic mass is 10.0. The highest BCUT2D eigenvalue weighted by Gasteiger charge is 2.35. The number of sulfonamides is 1. The highest BCUT2D eigenvalue weighted by Crippen LogP contribution is 2.34. The molecule has 0 aliphatic rings. The van der Waals surface area contributed by atoms with E-state index in [-0.39, 0.29) is 35.9 Å². The zero-order valence-corrected chi connectivity index (χ0v) is 27.6. The van der Waals surface area contributed by atoms with E-state index in [0.29, 0.717) is 15.6 Å². The van der Waals surface area contributed by atoms with Crippen LogP contribution in [0.1, 0.15) is 23.6 Å². The molecule has 4 aromatic rings. The molecule has 236 valence electrons. The smallest absolute Gasteiger partial charge is 0.264 e. The van der Waals surface area contributed by atoms with Gasteiger partial charge in [0.05, 0.1) is 17.2 Å². The van der Waals surface area contributed by atoms with Gasteiger partial charge < -0.3 is 15.0 Å². The maximum Gasteiger partial charge on any atom is 0.264 e. The maximum absolute atomic E-state index is 14.5. The van der Waals surface area contributed by atoms with E-state index in [2.05, 4.69) is 5.32 Å². The molecule has 1 N–H and O–H groups in total. The summed E-state index contributed by atoms with van der Waals surface area (Å²) >= 11 is 13.1. The molecule has 4 rings (SSSR count). The molecule has 0 saturated carbocycles. The highest BCUT2D eigenvalue weighted by molar-refractivity contribution is 7.92. The van der Waals surface area contributed by atoms with E-state index >= 15 is 0 Å². The van der Waals surface area contributed by atoms with Gasteiger partial charge in [0, 0.05) is 35.6 Å². The third-order valence-corrected chi connectivity index (χ3v) is 9.71. The minimum Gasteiger partial charge on any atom is -0.492 e. The number of anilines is 1. The molecule has 0 heterocycles. The molecule has 0 saturated heterocycles. The van der Waals surface area contributed by atoms with E-state index in [9.17, 15) is 18.0 Å². The fourth-order valence-corrected chi connectivity index (χ4v) is 6.81. The first-order valence-electron chi connectivity index (χ1n) is 14.4. The fraction of sp³-hybridized carbons (Fsp3) is 0.235. The lowest BCUT2D eigenvalue weighted by Crippen LogP contribution is -2.53. The van der Waals surface area contributed by atoms with Crippen molar-refractivity contribution in [2.24, 2.45) is 0 Å². The Morgan fingerprint density at radius 3 is 2.11 bits per heavy atom. The molecule has 0 bridgehead atoms. The summed E-state index contributed by atoms with van der Waals surface area (Å²) in [6.07, 6.45) is 0.161. The Bertz CT molecular complexity index is 1710. The summed E-state index contributed by atoms with van der Waals surface area (Å²) in [5.74, 6) is -0.785. The predicted molar refractivity (Wildman–Crippen MR) is 178 cm³/mol. The van der Waals surface area contributed by atoms with Gasteiger partial charge >= 0.3 is 0 Å². The van der Waals surface area contributed by atoms with Crippen LogP contribution in [0.2, 0.25) is 10.0 Å². The van der Waals surface area contributed by atoms with E-state index in [4.69, 9.17) is 27.9 Å². The van der Waals surface area contributed by atoms with E-state index in [1.54, 1.807) is 61.5 Å². The van der Waals surface area contributed by atoms with Crippen LogP contribution in [0.5, 0.6) is 5.75 Å². The van der Waals surface area contributed by atoms with Gasteiger partial charge in [0.15, 0.2) is 0 Å². The molecule has 0 unspecified atom stereocenters. The van der Waals surface area contributed by atoms with Gasteiger partial charge in [-0.25, -0.2) is 8.42 Å². The van der Waals surface area contributed by atoms with Crippen molar-refractivity contribution in [3.63, 3.8) is 0 Å². The fourth-order valence-electron chi connectivity index (χ4n) is 4.87. The first kappa shape index (κ1) is 33.8. The number of rotatable bonds is 13. The highest BCUT2D eigenvalue weighted by atomic mass is 35.5. The number of nitrogens with zero attached hydrogens (tertiary/aromatic N) is 2. The van der Waals surface area contributed by atoms with Crippen LogP contribution < -0.4 is 14.4 Å². The van der Waals surface area contributed by atoms with Crippen molar-refractivity contribution in [2.75, 3.05) is 24.5 Å². The van der Waals surface area contributed by atoms with Gasteiger partial charge in [0.1, 0.15) is 18.3 Å². The Morgan fingerprint density at radius 2 is 1.49 bits per heavy atom. The molecule has 0 fully saturated rings. The minimum atomic E-state index is -4.29. The molecule has 11 heteroatoms. The van der Waals surface area contributed by atoms with E-state index in [1.165, 1.54) is 24.1 Å². The van der Waals surface area contributed by atoms with Crippen molar-refractivity contribution in [1.29, 1.82) is 0 Å². The average molecular weight is 669 g/mol. The number of hydrogen-bond donors (Lipinski definition) is 1. The van der Waals surface area contributed by atoms with Crippen LogP contribution in [0.15, 0.2) is 102 Å². The molecular formula is C34H35Cl2N3O5S. The van der Waals surface area contributed by atoms with Crippen molar-refractivity contribution in [3.8, 4) is 5.75 Å². The summed E-state index contributed by atoms with van der Waals surface area (Å²) in [4.78, 5) is 29.3. The van der Waals surface area contributed by atoms with Gasteiger partial charge in [0.25, 0.3) is 10.0 Å². The Hall–Kier alpha value is -4.05. The molecule has 2 amide bonds. The lowest BCUT2D eigenvalue weighted by molar-refractivity contribution is -0.139. The van der Waals surface area contributed by atoms with Crippen molar-refractivity contribution in [3.05, 3.63) is 124 Å². The normalized spacial score (nSPS) is 11.8. The second kappa shape index (κ2) is 15.3. The number of amides is 2. The number of aryl methyl sites for hydroxylation is 1. The van der Waals surface area contributed by atoms with Crippen LogP contribution in [-0.4, -0.2) is 51.4 Å². The summed E-state index contributed by atoms with van der Waals surface area (Å²) < 4.78 is 35.3. The van der Waals surface area contributed by atoms with Crippen LogP contribution in [-0.2, 0) is 32.6 Å². The van der Waals surface area contributed by atoms with Gasteiger partial charge in [-0.3, -0.25) is 13.9 Å². The predicted octanol–water partition coefficient (Wildman–Crippen LogP) is 6.28. The van der Waals surface area contributed by atoms with Crippen LogP contribution >= 0.6 is 23.2 Å². The molecule has 8 nitrogen and oxygen atoms in total. The van der Waals surface area contributed by atoms with Gasteiger partial charge in [-0.2, -0.15) is 0 Å². The minimum absolute atomic E-state index is 0.0000339. The van der Waals surface area contributed by atoms with Crippen LogP contribution in [0, 0.1) is 6.92 Å². The summed E-state index contributed by atoms with van der Waals surface area (Å²) in [7, 11) is -2.80. The Kier molecular flexibility index (Phi) is 11.5. The van der Waals surface area contributed by atoms with Crippen molar-refractivity contribution in [1.82, 2.24) is 10.2 Å². The zero-order valence-electron chi connectivity index (χ0n) is 25.2. The number of ether oxygens (including phenoxy) is 1. The summed E-state index contributed by atoms with van der Waals surface area (Å²) in [5.41, 5.74) is 2.30. The number of para-hydroxylation sites is 2. The second-order valence-electron chi connectivity index (χ2n) is 10.3.